The number of nitrogens with two attached hydrogens (primary N) is 1. The molecule has 0 radical (unpaired) electrons. The molecule has 6 nitrogen and oxygen atoms in total. The molecular weight excluding hydrogens is 230 g/mol. The number of carbonyl (C=O) groups excluding carboxylic acids is 1. The van der Waals surface area contributed by atoms with E-state index in [2.05, 4.69) is 0 Å². The van der Waals surface area contributed by atoms with Gasteiger partial charge in [0.2, 0.25) is 5.91 Å². The lowest BCUT2D eigenvalue weighted by Crippen LogP contribution is -2.53. The molecule has 1 amide bonds. The standard InChI is InChI=1S/C9H17N3O3S/c10-16(14,15)12-6-4-11(5-7-12)9(13)8-2-1-3-8/h8H,1-7H2,(H2,10,14,15). The highest BCUT2D eigenvalue weighted by molar-refractivity contribution is 7.86. The molecule has 0 unspecified atom stereocenters. The zero-order valence-corrected chi connectivity index (χ0v) is 9.95. The van der Waals surface area contributed by atoms with Crippen LogP contribution in [-0.2, 0) is 15.0 Å². The van der Waals surface area contributed by atoms with Gasteiger partial charge < -0.3 is 4.90 Å². The molecule has 1 aliphatic heterocycles. The summed E-state index contributed by atoms with van der Waals surface area (Å²) >= 11 is 0. The molecule has 2 N–H and O–H groups in total. The van der Waals surface area contributed by atoms with Gasteiger partial charge in [-0.05, 0) is 12.8 Å². The Morgan fingerprint density at radius 3 is 2.06 bits per heavy atom. The molecular formula is C9H17N3O3S. The number of hydrogen-bond acceptors (Lipinski definition) is 3. The Morgan fingerprint density at radius 1 is 1.12 bits per heavy atom. The second-order valence-corrected chi connectivity index (χ2v) is 5.94. The highest BCUT2D eigenvalue weighted by Crippen LogP contribution is 2.28. The van der Waals surface area contributed by atoms with Crippen LogP contribution in [0.4, 0.5) is 0 Å². The van der Waals surface area contributed by atoms with Crippen molar-refractivity contribution < 1.29 is 13.2 Å². The lowest BCUT2D eigenvalue weighted by Gasteiger charge is -2.37. The SMILES string of the molecule is NS(=O)(=O)N1CCN(C(=O)C2CCC2)CC1. The van der Waals surface area contributed by atoms with Crippen LogP contribution in [0.3, 0.4) is 0 Å². The van der Waals surface area contributed by atoms with Crippen molar-refractivity contribution >= 4 is 16.1 Å². The van der Waals surface area contributed by atoms with E-state index in [-0.39, 0.29) is 11.8 Å². The lowest BCUT2D eigenvalue weighted by molar-refractivity contribution is -0.139. The van der Waals surface area contributed by atoms with Gasteiger partial charge in [-0.25, -0.2) is 5.14 Å². The Labute approximate surface area is 95.6 Å². The Kier molecular flexibility index (Phi) is 3.18. The van der Waals surface area contributed by atoms with Crippen LogP contribution in [-0.4, -0.2) is 49.7 Å². The predicted octanol–water partition coefficient (Wildman–Crippen LogP) is -0.866. The van der Waals surface area contributed by atoms with Gasteiger partial charge >= 0.3 is 0 Å². The lowest BCUT2D eigenvalue weighted by atomic mass is 9.84. The molecule has 92 valence electrons. The minimum atomic E-state index is -3.59. The van der Waals surface area contributed by atoms with Crippen molar-refractivity contribution in [3.8, 4) is 0 Å². The van der Waals surface area contributed by atoms with E-state index >= 15 is 0 Å². The van der Waals surface area contributed by atoms with Gasteiger partial charge in [-0.2, -0.15) is 12.7 Å². The normalized spacial score (nSPS) is 24.2. The first-order chi connectivity index (χ1) is 7.48. The van der Waals surface area contributed by atoms with E-state index in [1.807, 2.05) is 0 Å². The summed E-state index contributed by atoms with van der Waals surface area (Å²) in [5.41, 5.74) is 0. The first kappa shape index (κ1) is 11.8. The van der Waals surface area contributed by atoms with E-state index in [0.29, 0.717) is 26.2 Å². The summed E-state index contributed by atoms with van der Waals surface area (Å²) in [6, 6.07) is 0. The van der Waals surface area contributed by atoms with Gasteiger partial charge in [0, 0.05) is 32.1 Å². The molecule has 0 aromatic carbocycles. The second-order valence-electron chi connectivity index (χ2n) is 4.40. The zero-order chi connectivity index (χ0) is 11.8. The van der Waals surface area contributed by atoms with Crippen molar-refractivity contribution in [1.82, 2.24) is 9.21 Å². The maximum absolute atomic E-state index is 11.9. The number of amides is 1. The maximum Gasteiger partial charge on any atom is 0.277 e. The van der Waals surface area contributed by atoms with E-state index in [1.165, 1.54) is 4.31 Å². The van der Waals surface area contributed by atoms with Crippen LogP contribution >= 0.6 is 0 Å². The fourth-order valence-corrected chi connectivity index (χ4v) is 2.75. The maximum atomic E-state index is 11.9. The first-order valence-corrected chi connectivity index (χ1v) is 7.05. The van der Waals surface area contributed by atoms with Gasteiger partial charge in [-0.15, -0.1) is 0 Å². The van der Waals surface area contributed by atoms with Gasteiger partial charge in [0.15, 0.2) is 0 Å². The van der Waals surface area contributed by atoms with Crippen molar-refractivity contribution in [3.63, 3.8) is 0 Å². The predicted molar refractivity (Wildman–Crippen MR) is 58.6 cm³/mol. The molecule has 1 aliphatic carbocycles. The van der Waals surface area contributed by atoms with Gasteiger partial charge in [-0.3, -0.25) is 4.79 Å². The third kappa shape index (κ3) is 2.36. The molecule has 1 heterocycles. The van der Waals surface area contributed by atoms with E-state index in [1.54, 1.807) is 4.90 Å². The quantitative estimate of drug-likeness (QED) is 0.688. The van der Waals surface area contributed by atoms with Crippen molar-refractivity contribution in [2.45, 2.75) is 19.3 Å². The molecule has 2 rings (SSSR count). The third-order valence-corrected chi connectivity index (χ3v) is 4.45. The molecule has 0 spiro atoms. The van der Waals surface area contributed by atoms with Crippen molar-refractivity contribution in [2.24, 2.45) is 11.1 Å². The number of carbonyl (C=O) groups is 1. The van der Waals surface area contributed by atoms with Gasteiger partial charge in [-0.1, -0.05) is 6.42 Å². The van der Waals surface area contributed by atoms with Crippen molar-refractivity contribution in [2.75, 3.05) is 26.2 Å². The van der Waals surface area contributed by atoms with E-state index in [4.69, 9.17) is 5.14 Å². The summed E-state index contributed by atoms with van der Waals surface area (Å²) in [6.45, 7) is 1.56. The van der Waals surface area contributed by atoms with Crippen LogP contribution in [0.1, 0.15) is 19.3 Å². The van der Waals surface area contributed by atoms with Crippen LogP contribution in [0.5, 0.6) is 0 Å². The topological polar surface area (TPSA) is 83.7 Å². The summed E-state index contributed by atoms with van der Waals surface area (Å²) in [6.07, 6.45) is 3.09. The van der Waals surface area contributed by atoms with E-state index in [0.717, 1.165) is 19.3 Å². The molecule has 16 heavy (non-hydrogen) atoms. The van der Waals surface area contributed by atoms with Crippen molar-refractivity contribution in [3.05, 3.63) is 0 Å². The smallest absolute Gasteiger partial charge is 0.277 e. The number of rotatable bonds is 2. The highest BCUT2D eigenvalue weighted by Gasteiger charge is 2.32. The van der Waals surface area contributed by atoms with Gasteiger partial charge in [0.1, 0.15) is 0 Å². The average molecular weight is 247 g/mol. The van der Waals surface area contributed by atoms with Crippen LogP contribution in [0.2, 0.25) is 0 Å². The molecule has 0 atom stereocenters. The minimum Gasteiger partial charge on any atom is -0.340 e. The summed E-state index contributed by atoms with van der Waals surface area (Å²) in [7, 11) is -3.59. The highest BCUT2D eigenvalue weighted by atomic mass is 32.2. The average Bonchev–Trinajstić information content (AvgIpc) is 2.14. The van der Waals surface area contributed by atoms with Crippen LogP contribution in [0.25, 0.3) is 0 Å². The molecule has 2 fully saturated rings. The first-order valence-electron chi connectivity index (χ1n) is 5.55. The fraction of sp³-hybridized carbons (Fsp3) is 0.889. The molecule has 7 heteroatoms. The van der Waals surface area contributed by atoms with Crippen molar-refractivity contribution in [1.29, 1.82) is 0 Å². The van der Waals surface area contributed by atoms with Gasteiger partial charge in [0.05, 0.1) is 0 Å². The Balaban J connectivity index is 1.87. The minimum absolute atomic E-state index is 0.181. The van der Waals surface area contributed by atoms with E-state index < -0.39 is 10.2 Å². The second kappa shape index (κ2) is 4.31. The fourth-order valence-electron chi connectivity index (χ4n) is 2.08. The molecule has 0 aromatic heterocycles. The summed E-state index contributed by atoms with van der Waals surface area (Å²) < 4.78 is 23.3. The molecule has 0 aromatic rings. The Bertz CT molecular complexity index is 369. The summed E-state index contributed by atoms with van der Waals surface area (Å²) in [5.74, 6) is 0.362. The van der Waals surface area contributed by atoms with Crippen LogP contribution < -0.4 is 5.14 Å². The molecule has 1 saturated heterocycles. The largest absolute Gasteiger partial charge is 0.340 e. The Hall–Kier alpha value is -0.660. The Morgan fingerprint density at radius 2 is 1.69 bits per heavy atom. The molecule has 0 bridgehead atoms. The molecule has 2 aliphatic rings. The summed E-state index contributed by atoms with van der Waals surface area (Å²) in [5, 5.41) is 5.02. The zero-order valence-electron chi connectivity index (χ0n) is 9.13. The van der Waals surface area contributed by atoms with Crippen LogP contribution in [0, 0.1) is 5.92 Å². The summed E-state index contributed by atoms with van der Waals surface area (Å²) in [4.78, 5) is 13.6. The van der Waals surface area contributed by atoms with Crippen LogP contribution in [0.15, 0.2) is 0 Å². The number of nitrogens with zero attached hydrogens (tertiary/aromatic N) is 2. The van der Waals surface area contributed by atoms with E-state index in [9.17, 15) is 13.2 Å². The number of hydrogen-bond donors (Lipinski definition) is 1. The third-order valence-electron chi connectivity index (χ3n) is 3.36. The monoisotopic (exact) mass is 247 g/mol. The number of piperazine rings is 1. The molecule has 1 saturated carbocycles. The van der Waals surface area contributed by atoms with Gasteiger partial charge in [0.25, 0.3) is 10.2 Å².